The van der Waals surface area contributed by atoms with Gasteiger partial charge in [0.15, 0.2) is 0 Å². The van der Waals surface area contributed by atoms with Crippen LogP contribution in [0.1, 0.15) is 0 Å². The number of anilines is 1. The molecule has 4 nitrogen and oxygen atoms in total. The average molecular weight is 231 g/mol. The van der Waals surface area contributed by atoms with Gasteiger partial charge in [-0.1, -0.05) is 36.4 Å². The molecule has 1 amide bonds. The van der Waals surface area contributed by atoms with E-state index in [1.807, 2.05) is 0 Å². The number of hydrogen-bond donors (Lipinski definition) is 4. The number of carbonyl (C=O) groups excluding carboxylic acids is 1. The molecule has 0 saturated heterocycles. The second-order valence-electron chi connectivity index (χ2n) is 2.51. The lowest BCUT2D eigenvalue weighted by Crippen LogP contribution is -2.31. The average Bonchev–Trinajstić information content (AvgIpc) is 2.07. The zero-order chi connectivity index (χ0) is 10.7. The van der Waals surface area contributed by atoms with Gasteiger partial charge in [0.2, 0.25) is 0 Å². The van der Waals surface area contributed by atoms with E-state index < -0.39 is 12.4 Å². The van der Waals surface area contributed by atoms with Crippen LogP contribution < -0.4 is 10.8 Å². The second kappa shape index (κ2) is 4.70. The topological polar surface area (TPSA) is 69.6 Å². The molecule has 0 heterocycles. The lowest BCUT2D eigenvalue weighted by molar-refractivity contribution is 0.270. The van der Waals surface area contributed by atoms with Gasteiger partial charge in [0.25, 0.3) is 5.24 Å². The predicted molar refractivity (Wildman–Crippen MR) is 59.3 cm³/mol. The molecule has 74 valence electrons. The fraction of sp³-hybridized carbons (Fsp3) is 0. The monoisotopic (exact) mass is 231 g/mol. The molecule has 1 rings (SSSR count). The van der Waals surface area contributed by atoms with Gasteiger partial charge in [-0.2, -0.15) is 0 Å². The van der Waals surface area contributed by atoms with Gasteiger partial charge in [-0.05, 0) is 6.07 Å². The van der Waals surface area contributed by atoms with Crippen molar-refractivity contribution >= 4 is 47.7 Å². The Kier molecular flexibility index (Phi) is 3.82. The third-order valence-corrected chi connectivity index (χ3v) is 2.08. The Bertz CT molecular complexity index is 361. The van der Waals surface area contributed by atoms with Gasteiger partial charge < -0.3 is 15.4 Å². The van der Waals surface area contributed by atoms with E-state index in [1.54, 1.807) is 6.07 Å². The molecule has 0 radical (unpaired) electrons. The molecule has 1 aromatic carbocycles. The molecule has 7 heteroatoms. The number of halogens is 1. The predicted octanol–water partition coefficient (Wildman–Crippen LogP) is 0.481. The zero-order valence-electron chi connectivity index (χ0n) is 6.94. The molecule has 14 heavy (non-hydrogen) atoms. The summed E-state index contributed by atoms with van der Waals surface area (Å²) in [4.78, 5) is 10.6. The summed E-state index contributed by atoms with van der Waals surface area (Å²) in [6, 6.07) is 4.52. The number of hydrogen-bond acceptors (Lipinski definition) is 3. The van der Waals surface area contributed by atoms with Crippen molar-refractivity contribution in [2.75, 3.05) is 5.32 Å². The molecule has 0 atom stereocenters. The third-order valence-electron chi connectivity index (χ3n) is 1.55. The number of thiol groups is 1. The van der Waals surface area contributed by atoms with Gasteiger partial charge >= 0.3 is 7.12 Å². The van der Waals surface area contributed by atoms with E-state index in [2.05, 4.69) is 17.9 Å². The number of nitrogens with one attached hydrogen (secondary N) is 1. The number of amides is 1. The first-order valence-corrected chi connectivity index (χ1v) is 4.49. The van der Waals surface area contributed by atoms with Crippen molar-refractivity contribution in [2.24, 2.45) is 0 Å². The van der Waals surface area contributed by atoms with Crippen LogP contribution >= 0.6 is 24.2 Å². The molecule has 0 bridgehead atoms. The quantitative estimate of drug-likeness (QED) is 0.442. The molecular formula is C7H7BClNO3S. The molecule has 0 aliphatic heterocycles. The first kappa shape index (κ1) is 11.4. The highest BCUT2D eigenvalue weighted by Crippen LogP contribution is 2.19. The first-order valence-electron chi connectivity index (χ1n) is 3.67. The van der Waals surface area contributed by atoms with Crippen molar-refractivity contribution in [3.63, 3.8) is 0 Å². The molecule has 0 saturated carbocycles. The number of carbonyl (C=O) groups is 1. The van der Waals surface area contributed by atoms with Crippen molar-refractivity contribution in [2.45, 2.75) is 0 Å². The molecule has 1 aromatic rings. The fourth-order valence-electron chi connectivity index (χ4n) is 0.961. The Morgan fingerprint density at radius 1 is 1.50 bits per heavy atom. The van der Waals surface area contributed by atoms with Gasteiger partial charge in [-0.25, -0.2) is 0 Å². The standard InChI is InChI=1S/C7H7BClNO3S/c9-6-4(8(12)13)2-1-3-5(6)10-7(11)14/h1-3,12-13H,(H2,10,11,14). The maximum Gasteiger partial charge on any atom is 0.490 e. The smallest absolute Gasteiger partial charge is 0.423 e. The maximum absolute atomic E-state index is 10.6. The molecule has 3 N–H and O–H groups in total. The zero-order valence-corrected chi connectivity index (χ0v) is 8.59. The van der Waals surface area contributed by atoms with E-state index >= 15 is 0 Å². The van der Waals surface area contributed by atoms with E-state index in [9.17, 15) is 4.79 Å². The Labute approximate surface area is 91.4 Å². The van der Waals surface area contributed by atoms with Crippen molar-refractivity contribution in [3.8, 4) is 0 Å². The SMILES string of the molecule is O=C(S)Nc1cccc(B(O)O)c1Cl. The van der Waals surface area contributed by atoms with E-state index in [0.717, 1.165) is 0 Å². The minimum atomic E-state index is -1.67. The summed E-state index contributed by atoms with van der Waals surface area (Å²) in [7, 11) is -1.67. The summed E-state index contributed by atoms with van der Waals surface area (Å²) >= 11 is 9.29. The van der Waals surface area contributed by atoms with Crippen LogP contribution in [0.25, 0.3) is 0 Å². The van der Waals surface area contributed by atoms with Gasteiger partial charge in [0.1, 0.15) is 0 Å². The highest BCUT2D eigenvalue weighted by molar-refractivity contribution is 7.96. The third kappa shape index (κ3) is 2.65. The summed E-state index contributed by atoms with van der Waals surface area (Å²) in [6.07, 6.45) is 0. The van der Waals surface area contributed by atoms with Gasteiger partial charge in [0.05, 0.1) is 10.7 Å². The van der Waals surface area contributed by atoms with Crippen molar-refractivity contribution < 1.29 is 14.8 Å². The Morgan fingerprint density at radius 2 is 2.14 bits per heavy atom. The van der Waals surface area contributed by atoms with Crippen molar-refractivity contribution in [1.29, 1.82) is 0 Å². The van der Waals surface area contributed by atoms with Crippen LogP contribution in [0.3, 0.4) is 0 Å². The highest BCUT2D eigenvalue weighted by atomic mass is 35.5. The van der Waals surface area contributed by atoms with Crippen LogP contribution in [-0.4, -0.2) is 22.4 Å². The van der Waals surface area contributed by atoms with E-state index in [-0.39, 0.29) is 16.2 Å². The van der Waals surface area contributed by atoms with Crippen LogP contribution in [0.15, 0.2) is 18.2 Å². The second-order valence-corrected chi connectivity index (χ2v) is 3.30. The normalized spacial score (nSPS) is 9.71. The van der Waals surface area contributed by atoms with Crippen LogP contribution in [0.5, 0.6) is 0 Å². The summed E-state index contributed by atoms with van der Waals surface area (Å²) in [5.41, 5.74) is 0.420. The molecule has 0 aliphatic rings. The summed E-state index contributed by atoms with van der Waals surface area (Å²) in [5, 5.41) is 19.7. The summed E-state index contributed by atoms with van der Waals surface area (Å²) in [5.74, 6) is 0. The molecule has 0 spiro atoms. The molecule has 0 aliphatic carbocycles. The first-order chi connectivity index (χ1) is 6.52. The lowest BCUT2D eigenvalue weighted by atomic mass is 9.80. The molecule has 0 fully saturated rings. The van der Waals surface area contributed by atoms with Crippen LogP contribution in [0.2, 0.25) is 5.02 Å². The van der Waals surface area contributed by atoms with Gasteiger partial charge in [-0.3, -0.25) is 4.79 Å². The molecular weight excluding hydrogens is 224 g/mol. The lowest BCUT2D eigenvalue weighted by Gasteiger charge is -2.08. The number of benzene rings is 1. The Morgan fingerprint density at radius 3 is 2.64 bits per heavy atom. The van der Waals surface area contributed by atoms with Gasteiger partial charge in [-0.15, -0.1) is 0 Å². The van der Waals surface area contributed by atoms with Crippen molar-refractivity contribution in [1.82, 2.24) is 0 Å². The minimum Gasteiger partial charge on any atom is -0.423 e. The summed E-state index contributed by atoms with van der Waals surface area (Å²) < 4.78 is 0. The Balaban J connectivity index is 3.07. The largest absolute Gasteiger partial charge is 0.490 e. The highest BCUT2D eigenvalue weighted by Gasteiger charge is 2.17. The van der Waals surface area contributed by atoms with Crippen LogP contribution in [-0.2, 0) is 0 Å². The number of rotatable bonds is 2. The van der Waals surface area contributed by atoms with Crippen LogP contribution in [0.4, 0.5) is 10.5 Å². The van der Waals surface area contributed by atoms with Gasteiger partial charge in [0, 0.05) is 5.46 Å². The maximum atomic E-state index is 10.6. The van der Waals surface area contributed by atoms with Crippen molar-refractivity contribution in [3.05, 3.63) is 23.2 Å². The molecule has 0 unspecified atom stereocenters. The Hall–Kier alpha value is -0.685. The minimum absolute atomic E-state index is 0.0879. The fourth-order valence-corrected chi connectivity index (χ4v) is 1.35. The summed E-state index contributed by atoms with van der Waals surface area (Å²) in [6.45, 7) is 0. The van der Waals surface area contributed by atoms with E-state index in [1.165, 1.54) is 12.1 Å². The van der Waals surface area contributed by atoms with E-state index in [4.69, 9.17) is 21.6 Å². The van der Waals surface area contributed by atoms with E-state index in [0.29, 0.717) is 0 Å². The molecule has 0 aromatic heterocycles. The van der Waals surface area contributed by atoms with Crippen LogP contribution in [0, 0.1) is 0 Å².